The summed E-state index contributed by atoms with van der Waals surface area (Å²) in [5.41, 5.74) is 10.7. The van der Waals surface area contributed by atoms with Crippen molar-refractivity contribution < 1.29 is 0 Å². The van der Waals surface area contributed by atoms with Crippen molar-refractivity contribution in [2.75, 3.05) is 5.73 Å². The largest absolute Gasteiger partial charge is 0.399 e. The van der Waals surface area contributed by atoms with E-state index in [1.54, 1.807) is 0 Å². The molecule has 0 aliphatic rings. The first-order valence-corrected chi connectivity index (χ1v) is 7.39. The molecule has 3 aromatic rings. The van der Waals surface area contributed by atoms with Crippen molar-refractivity contribution in [3.8, 4) is 5.69 Å². The third-order valence-electron chi connectivity index (χ3n) is 3.56. The average molecular weight is 300 g/mol. The summed E-state index contributed by atoms with van der Waals surface area (Å²) in [6.45, 7) is 6.32. The second-order valence-corrected chi connectivity index (χ2v) is 6.07. The number of aromatic nitrogens is 2. The second kappa shape index (κ2) is 5.08. The van der Waals surface area contributed by atoms with Gasteiger partial charge in [0.05, 0.1) is 21.7 Å². The zero-order chi connectivity index (χ0) is 15.1. The Kier molecular flexibility index (Phi) is 3.38. The first-order chi connectivity index (χ1) is 9.97. The Bertz CT molecular complexity index is 818. The molecule has 0 atom stereocenters. The molecule has 0 radical (unpaired) electrons. The maximum absolute atomic E-state index is 6.42. The van der Waals surface area contributed by atoms with E-state index in [0.29, 0.717) is 0 Å². The molecule has 0 saturated heterocycles. The van der Waals surface area contributed by atoms with Crippen LogP contribution in [0, 0.1) is 6.92 Å². The van der Waals surface area contributed by atoms with Crippen molar-refractivity contribution in [2.24, 2.45) is 0 Å². The fraction of sp³-hybridized carbons (Fsp3) is 0.235. The highest BCUT2D eigenvalue weighted by Crippen LogP contribution is 2.31. The van der Waals surface area contributed by atoms with Gasteiger partial charge in [-0.15, -0.1) is 0 Å². The zero-order valence-corrected chi connectivity index (χ0v) is 13.1. The van der Waals surface area contributed by atoms with Crippen molar-refractivity contribution in [1.82, 2.24) is 9.55 Å². The van der Waals surface area contributed by atoms with E-state index in [9.17, 15) is 0 Å². The normalized spacial score (nSPS) is 11.5. The zero-order valence-electron chi connectivity index (χ0n) is 12.4. The lowest BCUT2D eigenvalue weighted by Crippen LogP contribution is -2.04. The summed E-state index contributed by atoms with van der Waals surface area (Å²) in [6.07, 6.45) is 0. The van der Waals surface area contributed by atoms with E-state index in [4.69, 9.17) is 22.3 Å². The summed E-state index contributed by atoms with van der Waals surface area (Å²) in [7, 11) is 0. The lowest BCUT2D eigenvalue weighted by atomic mass is 10.1. The third-order valence-corrected chi connectivity index (χ3v) is 3.88. The molecule has 0 fully saturated rings. The Hall–Kier alpha value is -2.00. The van der Waals surface area contributed by atoms with Crippen LogP contribution in [0.1, 0.15) is 31.2 Å². The molecule has 0 amide bonds. The van der Waals surface area contributed by atoms with Crippen LogP contribution >= 0.6 is 11.6 Å². The van der Waals surface area contributed by atoms with Crippen LogP contribution in [0.25, 0.3) is 16.7 Å². The van der Waals surface area contributed by atoms with Crippen LogP contribution in [-0.4, -0.2) is 9.55 Å². The van der Waals surface area contributed by atoms with Crippen molar-refractivity contribution in [3.05, 3.63) is 52.8 Å². The van der Waals surface area contributed by atoms with Gasteiger partial charge in [0.25, 0.3) is 0 Å². The number of imidazole rings is 1. The highest BCUT2D eigenvalue weighted by Gasteiger charge is 2.17. The predicted octanol–water partition coefficient (Wildman–Crippen LogP) is 4.69. The maximum atomic E-state index is 6.42. The quantitative estimate of drug-likeness (QED) is 0.697. The fourth-order valence-corrected chi connectivity index (χ4v) is 2.75. The van der Waals surface area contributed by atoms with E-state index in [2.05, 4.69) is 31.4 Å². The SMILES string of the molecule is Cc1ccc(Cl)c(-n2c(C(C)C)nc3cc(N)ccc32)c1. The van der Waals surface area contributed by atoms with E-state index < -0.39 is 0 Å². The van der Waals surface area contributed by atoms with Gasteiger partial charge in [-0.05, 0) is 42.8 Å². The summed E-state index contributed by atoms with van der Waals surface area (Å²) in [4.78, 5) is 4.74. The first-order valence-electron chi connectivity index (χ1n) is 7.02. The Labute approximate surface area is 129 Å². The van der Waals surface area contributed by atoms with Crippen LogP contribution < -0.4 is 5.73 Å². The number of nitrogen functional groups attached to an aromatic ring is 1. The first kappa shape index (κ1) is 14.0. The molecule has 0 unspecified atom stereocenters. The molecule has 4 heteroatoms. The van der Waals surface area contributed by atoms with E-state index in [-0.39, 0.29) is 5.92 Å². The molecular formula is C17H18ClN3. The van der Waals surface area contributed by atoms with Gasteiger partial charge in [0, 0.05) is 11.6 Å². The van der Waals surface area contributed by atoms with E-state index in [1.807, 2.05) is 30.3 Å². The number of aryl methyl sites for hydroxylation is 1. The molecule has 2 N–H and O–H groups in total. The van der Waals surface area contributed by atoms with Gasteiger partial charge in [0.1, 0.15) is 5.82 Å². The molecule has 0 spiro atoms. The van der Waals surface area contributed by atoms with E-state index in [1.165, 1.54) is 5.56 Å². The molecular weight excluding hydrogens is 282 g/mol. The topological polar surface area (TPSA) is 43.8 Å². The highest BCUT2D eigenvalue weighted by molar-refractivity contribution is 6.32. The van der Waals surface area contributed by atoms with Crippen molar-refractivity contribution >= 4 is 28.3 Å². The molecule has 3 rings (SSSR count). The number of rotatable bonds is 2. The number of fused-ring (bicyclic) bond motifs is 1. The van der Waals surface area contributed by atoms with Gasteiger partial charge >= 0.3 is 0 Å². The van der Waals surface area contributed by atoms with Crippen LogP contribution in [0.3, 0.4) is 0 Å². The van der Waals surface area contributed by atoms with Crippen LogP contribution in [0.2, 0.25) is 5.02 Å². The van der Waals surface area contributed by atoms with Crippen LogP contribution in [-0.2, 0) is 0 Å². The fourth-order valence-electron chi connectivity index (χ4n) is 2.55. The molecule has 1 aromatic heterocycles. The van der Waals surface area contributed by atoms with E-state index in [0.717, 1.165) is 33.3 Å². The van der Waals surface area contributed by atoms with E-state index >= 15 is 0 Å². The summed E-state index contributed by atoms with van der Waals surface area (Å²) >= 11 is 6.42. The molecule has 1 heterocycles. The van der Waals surface area contributed by atoms with Gasteiger partial charge < -0.3 is 5.73 Å². The number of nitrogens with two attached hydrogens (primary N) is 1. The van der Waals surface area contributed by atoms with Gasteiger partial charge in [-0.3, -0.25) is 4.57 Å². The summed E-state index contributed by atoms with van der Waals surface area (Å²) < 4.78 is 2.13. The van der Waals surface area contributed by atoms with Gasteiger partial charge in [-0.1, -0.05) is 31.5 Å². The molecule has 0 bridgehead atoms. The van der Waals surface area contributed by atoms with Gasteiger partial charge in [-0.25, -0.2) is 4.98 Å². The number of hydrogen-bond acceptors (Lipinski definition) is 2. The van der Waals surface area contributed by atoms with Gasteiger partial charge in [0.2, 0.25) is 0 Å². The number of hydrogen-bond donors (Lipinski definition) is 1. The Morgan fingerprint density at radius 3 is 2.62 bits per heavy atom. The molecule has 108 valence electrons. The molecule has 3 nitrogen and oxygen atoms in total. The lowest BCUT2D eigenvalue weighted by molar-refractivity contribution is 0.759. The number of halogens is 1. The lowest BCUT2D eigenvalue weighted by Gasteiger charge is -2.14. The molecule has 0 aliphatic carbocycles. The number of nitrogens with zero attached hydrogens (tertiary/aromatic N) is 2. The minimum atomic E-state index is 0.287. The Morgan fingerprint density at radius 2 is 1.90 bits per heavy atom. The summed E-state index contributed by atoms with van der Waals surface area (Å²) in [5, 5.41) is 0.721. The minimum absolute atomic E-state index is 0.287. The smallest absolute Gasteiger partial charge is 0.117 e. The molecule has 0 saturated carbocycles. The number of benzene rings is 2. The van der Waals surface area contributed by atoms with Crippen molar-refractivity contribution in [1.29, 1.82) is 0 Å². The molecule has 2 aromatic carbocycles. The molecule has 21 heavy (non-hydrogen) atoms. The van der Waals surface area contributed by atoms with Crippen molar-refractivity contribution in [3.63, 3.8) is 0 Å². The molecule has 0 aliphatic heterocycles. The second-order valence-electron chi connectivity index (χ2n) is 5.66. The van der Waals surface area contributed by atoms with Crippen LogP contribution in [0.4, 0.5) is 5.69 Å². The van der Waals surface area contributed by atoms with Crippen LogP contribution in [0.5, 0.6) is 0 Å². The predicted molar refractivity (Wildman–Crippen MR) is 89.3 cm³/mol. The average Bonchev–Trinajstić information content (AvgIpc) is 2.80. The van der Waals surface area contributed by atoms with Crippen LogP contribution in [0.15, 0.2) is 36.4 Å². The van der Waals surface area contributed by atoms with Crippen molar-refractivity contribution in [2.45, 2.75) is 26.7 Å². The standard InChI is InChI=1S/C17H18ClN3/c1-10(2)17-20-14-9-12(19)5-7-15(14)21(17)16-8-11(3)4-6-13(16)18/h4-10H,19H2,1-3H3. The van der Waals surface area contributed by atoms with Gasteiger partial charge in [0.15, 0.2) is 0 Å². The van der Waals surface area contributed by atoms with Gasteiger partial charge in [-0.2, -0.15) is 0 Å². The monoisotopic (exact) mass is 299 g/mol. The Morgan fingerprint density at radius 1 is 1.14 bits per heavy atom. The maximum Gasteiger partial charge on any atom is 0.117 e. The highest BCUT2D eigenvalue weighted by atomic mass is 35.5. The summed E-state index contributed by atoms with van der Waals surface area (Å²) in [6, 6.07) is 11.8. The minimum Gasteiger partial charge on any atom is -0.399 e. The third kappa shape index (κ3) is 2.38. The summed E-state index contributed by atoms with van der Waals surface area (Å²) in [5.74, 6) is 1.28. The number of anilines is 1. The Balaban J connectivity index is 2.39.